The third-order valence-electron chi connectivity index (χ3n) is 1.63. The van der Waals surface area contributed by atoms with Gasteiger partial charge in [-0.1, -0.05) is 24.3 Å². The average molecular weight is 165 g/mol. The van der Waals surface area contributed by atoms with Gasteiger partial charge in [0.15, 0.2) is 0 Å². The van der Waals surface area contributed by atoms with Crippen molar-refractivity contribution in [3.63, 3.8) is 0 Å². The third kappa shape index (κ3) is 2.34. The maximum Gasteiger partial charge on any atom is 0.488 e. The van der Waals surface area contributed by atoms with Crippen LogP contribution in [0.1, 0.15) is 5.56 Å². The Morgan fingerprint density at radius 3 is 2.75 bits per heavy atom. The summed E-state index contributed by atoms with van der Waals surface area (Å²) in [6.45, 7) is 0.737. The zero-order valence-electron chi connectivity index (χ0n) is 6.99. The van der Waals surface area contributed by atoms with Crippen LogP contribution in [0, 0.1) is 0 Å². The summed E-state index contributed by atoms with van der Waals surface area (Å²) in [4.78, 5) is 0. The van der Waals surface area contributed by atoms with Crippen molar-refractivity contribution in [3.05, 3.63) is 29.8 Å². The number of nitrogens with one attached hydrogen (secondary N) is 1. The SMILES string of the molecule is CNCc1cccc(B(O)O)c1. The molecule has 0 atom stereocenters. The molecule has 0 spiro atoms. The smallest absolute Gasteiger partial charge is 0.423 e. The Hall–Kier alpha value is -0.835. The lowest BCUT2D eigenvalue weighted by molar-refractivity contribution is 0.425. The first kappa shape index (κ1) is 9.25. The molecule has 0 aliphatic heterocycles. The van der Waals surface area contributed by atoms with Crippen LogP contribution in [0.15, 0.2) is 24.3 Å². The van der Waals surface area contributed by atoms with E-state index < -0.39 is 7.12 Å². The van der Waals surface area contributed by atoms with Gasteiger partial charge in [0, 0.05) is 6.54 Å². The second-order valence-electron chi connectivity index (χ2n) is 2.65. The molecule has 0 heterocycles. The second-order valence-corrected chi connectivity index (χ2v) is 2.65. The van der Waals surface area contributed by atoms with E-state index in [-0.39, 0.29) is 0 Å². The average Bonchev–Trinajstić information content (AvgIpc) is 2.05. The molecule has 3 N–H and O–H groups in total. The fourth-order valence-electron chi connectivity index (χ4n) is 1.07. The van der Waals surface area contributed by atoms with E-state index in [1.165, 1.54) is 0 Å². The molecule has 0 fully saturated rings. The Kier molecular flexibility index (Phi) is 3.28. The summed E-state index contributed by atoms with van der Waals surface area (Å²) >= 11 is 0. The first-order valence-electron chi connectivity index (χ1n) is 3.83. The second kappa shape index (κ2) is 4.26. The van der Waals surface area contributed by atoms with Gasteiger partial charge in [-0.15, -0.1) is 0 Å². The van der Waals surface area contributed by atoms with Crippen LogP contribution in [-0.4, -0.2) is 24.2 Å². The van der Waals surface area contributed by atoms with Crippen molar-refractivity contribution in [2.75, 3.05) is 7.05 Å². The normalized spacial score (nSPS) is 9.92. The molecule has 0 bridgehead atoms. The lowest BCUT2D eigenvalue weighted by Crippen LogP contribution is -2.30. The van der Waals surface area contributed by atoms with E-state index in [0.29, 0.717) is 5.46 Å². The van der Waals surface area contributed by atoms with Gasteiger partial charge in [-0.2, -0.15) is 0 Å². The highest BCUT2D eigenvalue weighted by Gasteiger charge is 2.09. The van der Waals surface area contributed by atoms with Gasteiger partial charge in [-0.05, 0) is 18.1 Å². The molecule has 0 amide bonds. The van der Waals surface area contributed by atoms with Crippen molar-refractivity contribution in [2.45, 2.75) is 6.54 Å². The van der Waals surface area contributed by atoms with Gasteiger partial charge in [0.2, 0.25) is 0 Å². The third-order valence-corrected chi connectivity index (χ3v) is 1.63. The molecule has 0 saturated heterocycles. The van der Waals surface area contributed by atoms with Crippen LogP contribution < -0.4 is 10.8 Å². The van der Waals surface area contributed by atoms with E-state index >= 15 is 0 Å². The number of benzene rings is 1. The van der Waals surface area contributed by atoms with Gasteiger partial charge in [0.05, 0.1) is 0 Å². The molecule has 64 valence electrons. The predicted molar refractivity (Wildman–Crippen MR) is 49.0 cm³/mol. The fraction of sp³-hybridized carbons (Fsp3) is 0.250. The molecular formula is C8H12BNO2. The molecule has 0 aliphatic rings. The topological polar surface area (TPSA) is 52.5 Å². The van der Waals surface area contributed by atoms with Crippen LogP contribution >= 0.6 is 0 Å². The highest BCUT2D eigenvalue weighted by molar-refractivity contribution is 6.58. The molecule has 3 nitrogen and oxygen atoms in total. The number of hydrogen-bond donors (Lipinski definition) is 3. The van der Waals surface area contributed by atoms with E-state index in [1.807, 2.05) is 13.1 Å². The van der Waals surface area contributed by atoms with Crippen molar-refractivity contribution in [1.29, 1.82) is 0 Å². The van der Waals surface area contributed by atoms with Gasteiger partial charge in [0.1, 0.15) is 0 Å². The van der Waals surface area contributed by atoms with Crippen molar-refractivity contribution >= 4 is 12.6 Å². The van der Waals surface area contributed by atoms with Crippen LogP contribution in [0.5, 0.6) is 0 Å². The highest BCUT2D eigenvalue weighted by Crippen LogP contribution is 1.95. The maximum absolute atomic E-state index is 8.85. The lowest BCUT2D eigenvalue weighted by Gasteiger charge is -2.02. The first-order chi connectivity index (χ1) is 5.74. The van der Waals surface area contributed by atoms with Gasteiger partial charge in [0.25, 0.3) is 0 Å². The van der Waals surface area contributed by atoms with Crippen molar-refractivity contribution < 1.29 is 10.0 Å². The highest BCUT2D eigenvalue weighted by atomic mass is 16.4. The Balaban J connectivity index is 2.81. The van der Waals surface area contributed by atoms with Crippen LogP contribution in [0.25, 0.3) is 0 Å². The fourth-order valence-corrected chi connectivity index (χ4v) is 1.07. The minimum Gasteiger partial charge on any atom is -0.423 e. The van der Waals surface area contributed by atoms with Crippen LogP contribution in [0.4, 0.5) is 0 Å². The predicted octanol–water partition coefficient (Wildman–Crippen LogP) is -0.914. The molecule has 1 rings (SSSR count). The minimum atomic E-state index is -1.37. The van der Waals surface area contributed by atoms with Crippen molar-refractivity contribution in [3.8, 4) is 0 Å². The lowest BCUT2D eigenvalue weighted by atomic mass is 9.80. The summed E-state index contributed by atoms with van der Waals surface area (Å²) in [5, 5.41) is 20.7. The molecule has 4 heteroatoms. The molecular weight excluding hydrogens is 153 g/mol. The molecule has 0 aromatic heterocycles. The van der Waals surface area contributed by atoms with E-state index in [2.05, 4.69) is 5.32 Å². The van der Waals surface area contributed by atoms with Crippen molar-refractivity contribution in [1.82, 2.24) is 5.32 Å². The Labute approximate surface area is 72.2 Å². The summed E-state index contributed by atoms with van der Waals surface area (Å²) in [5.41, 5.74) is 1.57. The van der Waals surface area contributed by atoms with Gasteiger partial charge in [-0.3, -0.25) is 0 Å². The molecule has 0 aliphatic carbocycles. The van der Waals surface area contributed by atoms with Crippen LogP contribution in [-0.2, 0) is 6.54 Å². The molecule has 0 saturated carbocycles. The quantitative estimate of drug-likeness (QED) is 0.508. The molecule has 0 unspecified atom stereocenters. The molecule has 0 radical (unpaired) electrons. The summed E-state index contributed by atoms with van der Waals surface area (Å²) in [6, 6.07) is 7.19. The Morgan fingerprint density at radius 2 is 2.17 bits per heavy atom. The van der Waals surface area contributed by atoms with E-state index in [4.69, 9.17) is 10.0 Å². The largest absolute Gasteiger partial charge is 0.488 e. The molecule has 12 heavy (non-hydrogen) atoms. The Bertz CT molecular complexity index is 253. The van der Waals surface area contributed by atoms with Crippen molar-refractivity contribution in [2.24, 2.45) is 0 Å². The minimum absolute atomic E-state index is 0.530. The zero-order chi connectivity index (χ0) is 8.97. The number of hydrogen-bond acceptors (Lipinski definition) is 3. The standard InChI is InChI=1S/C8H12BNO2/c1-10-6-7-3-2-4-8(5-7)9(11)12/h2-5,10-12H,6H2,1H3. The molecule has 1 aromatic rings. The summed E-state index contributed by atoms with van der Waals surface area (Å²) < 4.78 is 0. The van der Waals surface area contributed by atoms with Gasteiger partial charge in [-0.25, -0.2) is 0 Å². The van der Waals surface area contributed by atoms with Crippen LogP contribution in [0.2, 0.25) is 0 Å². The summed E-state index contributed by atoms with van der Waals surface area (Å²) in [6.07, 6.45) is 0. The van der Waals surface area contributed by atoms with Gasteiger partial charge < -0.3 is 15.4 Å². The zero-order valence-corrected chi connectivity index (χ0v) is 6.99. The van der Waals surface area contributed by atoms with Gasteiger partial charge >= 0.3 is 7.12 Å². The first-order valence-corrected chi connectivity index (χ1v) is 3.83. The number of rotatable bonds is 3. The monoisotopic (exact) mass is 165 g/mol. The summed E-state index contributed by atoms with van der Waals surface area (Å²) in [7, 11) is 0.476. The molecule has 1 aromatic carbocycles. The maximum atomic E-state index is 8.85. The van der Waals surface area contributed by atoms with E-state index in [0.717, 1.165) is 12.1 Å². The van der Waals surface area contributed by atoms with E-state index in [9.17, 15) is 0 Å². The summed E-state index contributed by atoms with van der Waals surface area (Å²) in [5.74, 6) is 0. The van der Waals surface area contributed by atoms with E-state index in [1.54, 1.807) is 18.2 Å². The Morgan fingerprint density at radius 1 is 1.42 bits per heavy atom. The van der Waals surface area contributed by atoms with Crippen LogP contribution in [0.3, 0.4) is 0 Å².